The molecule has 1 N–H and O–H groups in total. The number of epoxide rings is 1. The summed E-state index contributed by atoms with van der Waals surface area (Å²) in [4.78, 5) is 0. The van der Waals surface area contributed by atoms with Crippen LogP contribution in [0.4, 0.5) is 0 Å². The van der Waals surface area contributed by atoms with Gasteiger partial charge in [0.25, 0.3) is 0 Å². The largest absolute Gasteiger partial charge is 0.389 e. The Balaban J connectivity index is 1.85. The molecule has 0 bridgehead atoms. The lowest BCUT2D eigenvalue weighted by atomic mass is 9.61. The molecule has 0 spiro atoms. The third kappa shape index (κ3) is 2.92. The molecule has 0 amide bonds. The molecule has 2 heteroatoms. The van der Waals surface area contributed by atoms with Gasteiger partial charge in [0, 0.05) is 5.92 Å². The van der Waals surface area contributed by atoms with Crippen molar-refractivity contribution in [3.63, 3.8) is 0 Å². The van der Waals surface area contributed by atoms with Crippen molar-refractivity contribution >= 4 is 0 Å². The number of aliphatic hydroxyl groups is 1. The molecule has 1 saturated heterocycles. The van der Waals surface area contributed by atoms with Crippen molar-refractivity contribution < 1.29 is 9.84 Å². The van der Waals surface area contributed by atoms with Crippen LogP contribution in [0.3, 0.4) is 0 Å². The van der Waals surface area contributed by atoms with Gasteiger partial charge >= 0.3 is 0 Å². The molecule has 3 aliphatic rings. The molecular formula is C20H32O2. The molecule has 2 aliphatic carbocycles. The SMILES string of the molecule is C=C1CC2(O)CC(C)CCC3OC3(C)CCC(C(C)C)=CC12. The van der Waals surface area contributed by atoms with E-state index in [1.807, 2.05) is 0 Å². The Morgan fingerprint density at radius 3 is 2.73 bits per heavy atom. The Kier molecular flexibility index (Phi) is 4.06. The van der Waals surface area contributed by atoms with E-state index in [9.17, 15) is 5.11 Å². The molecule has 5 atom stereocenters. The van der Waals surface area contributed by atoms with Crippen LogP contribution in [0.5, 0.6) is 0 Å². The molecule has 2 nitrogen and oxygen atoms in total. The van der Waals surface area contributed by atoms with Crippen LogP contribution in [0, 0.1) is 17.8 Å². The molecule has 0 radical (unpaired) electrons. The van der Waals surface area contributed by atoms with Crippen LogP contribution in [0.2, 0.25) is 0 Å². The molecule has 0 aromatic carbocycles. The van der Waals surface area contributed by atoms with E-state index < -0.39 is 5.60 Å². The first-order chi connectivity index (χ1) is 10.2. The predicted octanol–water partition coefficient (Wildman–Crippen LogP) is 4.63. The smallest absolute Gasteiger partial charge is 0.0923 e. The quantitative estimate of drug-likeness (QED) is 0.566. The van der Waals surface area contributed by atoms with E-state index in [0.29, 0.717) is 17.9 Å². The van der Waals surface area contributed by atoms with Crippen LogP contribution in [-0.2, 0) is 4.74 Å². The van der Waals surface area contributed by atoms with Gasteiger partial charge in [0.2, 0.25) is 0 Å². The third-order valence-electron chi connectivity index (χ3n) is 6.24. The minimum atomic E-state index is -0.552. The fourth-order valence-electron chi connectivity index (χ4n) is 4.52. The molecule has 0 aromatic rings. The van der Waals surface area contributed by atoms with Gasteiger partial charge in [0.05, 0.1) is 17.3 Å². The Bertz CT molecular complexity index is 492. The molecule has 1 aliphatic heterocycles. The minimum absolute atomic E-state index is 0.0970. The van der Waals surface area contributed by atoms with E-state index in [0.717, 1.165) is 38.5 Å². The maximum absolute atomic E-state index is 11.0. The molecular weight excluding hydrogens is 272 g/mol. The summed E-state index contributed by atoms with van der Waals surface area (Å²) in [6.45, 7) is 13.2. The Morgan fingerprint density at radius 2 is 2.09 bits per heavy atom. The summed E-state index contributed by atoms with van der Waals surface area (Å²) in [7, 11) is 0. The first-order valence-corrected chi connectivity index (χ1v) is 9.02. The summed E-state index contributed by atoms with van der Waals surface area (Å²) in [5.74, 6) is 1.23. The van der Waals surface area contributed by atoms with Crippen LogP contribution < -0.4 is 0 Å². The number of fused-ring (bicyclic) bond motifs is 2. The van der Waals surface area contributed by atoms with E-state index in [-0.39, 0.29) is 11.5 Å². The molecule has 3 rings (SSSR count). The summed E-state index contributed by atoms with van der Waals surface area (Å²) in [5.41, 5.74) is 2.22. The Morgan fingerprint density at radius 1 is 1.36 bits per heavy atom. The number of allylic oxidation sites excluding steroid dienone is 1. The van der Waals surface area contributed by atoms with E-state index >= 15 is 0 Å². The normalized spacial score (nSPS) is 45.8. The summed E-state index contributed by atoms with van der Waals surface area (Å²) in [6.07, 6.45) is 8.93. The summed E-state index contributed by atoms with van der Waals surface area (Å²) in [5, 5.41) is 11.0. The third-order valence-corrected chi connectivity index (χ3v) is 6.24. The minimum Gasteiger partial charge on any atom is -0.389 e. The highest BCUT2D eigenvalue weighted by Crippen LogP contribution is 2.51. The fourth-order valence-corrected chi connectivity index (χ4v) is 4.52. The van der Waals surface area contributed by atoms with Crippen molar-refractivity contribution in [3.8, 4) is 0 Å². The summed E-state index contributed by atoms with van der Waals surface area (Å²) < 4.78 is 6.00. The molecule has 1 heterocycles. The second kappa shape index (κ2) is 5.49. The van der Waals surface area contributed by atoms with Crippen LogP contribution in [0.15, 0.2) is 23.8 Å². The maximum Gasteiger partial charge on any atom is 0.0923 e. The Labute approximate surface area is 135 Å². The van der Waals surface area contributed by atoms with Gasteiger partial charge in [-0.2, -0.15) is 0 Å². The first-order valence-electron chi connectivity index (χ1n) is 9.02. The molecule has 0 aromatic heterocycles. The zero-order valence-corrected chi connectivity index (χ0v) is 14.7. The van der Waals surface area contributed by atoms with Crippen LogP contribution in [0.1, 0.15) is 66.2 Å². The second-order valence-corrected chi connectivity index (χ2v) is 8.62. The fraction of sp³-hybridized carbons (Fsp3) is 0.800. The van der Waals surface area contributed by atoms with Crippen molar-refractivity contribution in [1.29, 1.82) is 0 Å². The summed E-state index contributed by atoms with van der Waals surface area (Å²) in [6, 6.07) is 0. The highest BCUT2D eigenvalue weighted by atomic mass is 16.6. The highest BCUT2D eigenvalue weighted by molar-refractivity contribution is 5.31. The van der Waals surface area contributed by atoms with Gasteiger partial charge in [-0.15, -0.1) is 0 Å². The van der Waals surface area contributed by atoms with Gasteiger partial charge in [-0.25, -0.2) is 0 Å². The van der Waals surface area contributed by atoms with E-state index in [4.69, 9.17) is 4.74 Å². The van der Waals surface area contributed by atoms with E-state index in [1.54, 1.807) is 0 Å². The van der Waals surface area contributed by atoms with Crippen molar-refractivity contribution in [1.82, 2.24) is 0 Å². The van der Waals surface area contributed by atoms with Gasteiger partial charge < -0.3 is 9.84 Å². The zero-order chi connectivity index (χ0) is 16.1. The molecule has 1 saturated carbocycles. The van der Waals surface area contributed by atoms with Crippen LogP contribution in [-0.4, -0.2) is 22.4 Å². The van der Waals surface area contributed by atoms with Crippen molar-refractivity contribution in [3.05, 3.63) is 23.8 Å². The standard InChI is InChI=1S/C20H32O2/c1-13(2)16-8-9-19(5)18(22-19)7-6-14(3)11-20(21)12-15(4)17(20)10-16/h10,13-14,17-18,21H,4,6-9,11-12H2,1-3,5H3. The average Bonchev–Trinajstić information content (AvgIpc) is 3.05. The number of hydrogen-bond donors (Lipinski definition) is 1. The Hall–Kier alpha value is -0.600. The van der Waals surface area contributed by atoms with Gasteiger partial charge in [-0.3, -0.25) is 0 Å². The maximum atomic E-state index is 11.0. The lowest BCUT2D eigenvalue weighted by Crippen LogP contribution is -2.49. The van der Waals surface area contributed by atoms with Crippen molar-refractivity contribution in [2.45, 2.75) is 83.5 Å². The van der Waals surface area contributed by atoms with Crippen molar-refractivity contribution in [2.75, 3.05) is 0 Å². The number of ether oxygens (including phenoxy) is 1. The summed E-state index contributed by atoms with van der Waals surface area (Å²) >= 11 is 0. The molecule has 22 heavy (non-hydrogen) atoms. The average molecular weight is 304 g/mol. The monoisotopic (exact) mass is 304 g/mol. The predicted molar refractivity (Wildman–Crippen MR) is 90.6 cm³/mol. The lowest BCUT2D eigenvalue weighted by molar-refractivity contribution is -0.0517. The second-order valence-electron chi connectivity index (χ2n) is 8.62. The van der Waals surface area contributed by atoms with Gasteiger partial charge in [0.15, 0.2) is 0 Å². The lowest BCUT2D eigenvalue weighted by Gasteiger charge is -2.48. The number of hydrogen-bond acceptors (Lipinski definition) is 2. The molecule has 124 valence electrons. The number of rotatable bonds is 1. The van der Waals surface area contributed by atoms with Gasteiger partial charge in [-0.1, -0.05) is 44.6 Å². The van der Waals surface area contributed by atoms with Gasteiger partial charge in [-0.05, 0) is 57.3 Å². The van der Waals surface area contributed by atoms with Gasteiger partial charge in [0.1, 0.15) is 0 Å². The van der Waals surface area contributed by atoms with E-state index in [2.05, 4.69) is 40.3 Å². The zero-order valence-electron chi connectivity index (χ0n) is 14.7. The topological polar surface area (TPSA) is 32.8 Å². The van der Waals surface area contributed by atoms with Crippen LogP contribution in [0.25, 0.3) is 0 Å². The van der Waals surface area contributed by atoms with E-state index in [1.165, 1.54) is 11.1 Å². The highest BCUT2D eigenvalue weighted by Gasteiger charge is 2.52. The molecule has 2 fully saturated rings. The van der Waals surface area contributed by atoms with Crippen molar-refractivity contribution in [2.24, 2.45) is 17.8 Å². The first kappa shape index (κ1) is 16.3. The van der Waals surface area contributed by atoms with Crippen LogP contribution >= 0.6 is 0 Å². The molecule has 5 unspecified atom stereocenters.